The maximum atomic E-state index is 5.41. The Labute approximate surface area is 498 Å². The molecule has 0 aliphatic rings. The van der Waals surface area contributed by atoms with Gasteiger partial charge in [-0.1, -0.05) is 212 Å². The van der Waals surface area contributed by atoms with E-state index >= 15 is 0 Å². The zero-order chi connectivity index (χ0) is 56.9. The van der Waals surface area contributed by atoms with Crippen LogP contribution in [0.4, 0.5) is 0 Å². The highest BCUT2D eigenvalue weighted by Gasteiger charge is 2.24. The largest absolute Gasteiger partial charge is 0.308 e. The molecule has 0 atom stereocenters. The summed E-state index contributed by atoms with van der Waals surface area (Å²) in [6.45, 7) is 0. The van der Waals surface area contributed by atoms with E-state index in [4.69, 9.17) is 44.9 Å². The van der Waals surface area contributed by atoms with Gasteiger partial charge in [0, 0.05) is 81.0 Å². The molecule has 0 saturated heterocycles. The van der Waals surface area contributed by atoms with Gasteiger partial charge in [0.15, 0.2) is 52.4 Å². The lowest BCUT2D eigenvalue weighted by Crippen LogP contribution is -2.04. The highest BCUT2D eigenvalue weighted by atomic mass is 32.1. The van der Waals surface area contributed by atoms with E-state index in [9.17, 15) is 0 Å². The molecule has 16 aromatic rings. The Morgan fingerprint density at radius 1 is 0.209 bits per heavy atom. The summed E-state index contributed by atoms with van der Waals surface area (Å²) < 4.78 is 4.83. The number of rotatable bonds is 11. The summed E-state index contributed by atoms with van der Waals surface area (Å²) in [6, 6.07) is 95.6. The number of thiophene rings is 1. The molecule has 86 heavy (non-hydrogen) atoms. The molecule has 0 radical (unpaired) electrons. The summed E-state index contributed by atoms with van der Waals surface area (Å²) in [7, 11) is 0. The predicted molar refractivity (Wildman–Crippen MR) is 348 cm³/mol. The molecular weight excluding hydrogens is 1070 g/mol. The monoisotopic (exact) mass is 1120 g/mol. The normalized spacial score (nSPS) is 11.5. The smallest absolute Gasteiger partial charge is 0.166 e. The van der Waals surface area contributed by atoms with E-state index in [2.05, 4.69) is 102 Å². The fourth-order valence-corrected chi connectivity index (χ4v) is 12.4. The summed E-state index contributed by atoms with van der Waals surface area (Å²) in [5.41, 5.74) is 12.6. The van der Waals surface area contributed by atoms with Crippen LogP contribution in [0.3, 0.4) is 0 Å². The number of fused-ring (bicyclic) bond motifs is 6. The van der Waals surface area contributed by atoms with Gasteiger partial charge in [-0.2, -0.15) is 0 Å². The van der Waals surface area contributed by atoms with Crippen molar-refractivity contribution in [2.24, 2.45) is 0 Å². The van der Waals surface area contributed by atoms with Gasteiger partial charge in [-0.15, -0.1) is 11.3 Å². The lowest BCUT2D eigenvalue weighted by molar-refractivity contribution is 1.06. The topological polar surface area (TPSA) is 121 Å². The molecule has 0 saturated carbocycles. The zero-order valence-electron chi connectivity index (χ0n) is 45.9. The molecule has 0 unspecified atom stereocenters. The van der Waals surface area contributed by atoms with Crippen molar-refractivity contribution >= 4 is 53.3 Å². The third kappa shape index (κ3) is 9.30. The fraction of sp³-hybridized carbons (Fsp3) is 0. The zero-order valence-corrected chi connectivity index (χ0v) is 46.8. The van der Waals surface area contributed by atoms with Crippen LogP contribution in [-0.4, -0.2) is 49.4 Å². The van der Waals surface area contributed by atoms with Crippen molar-refractivity contribution in [3.63, 3.8) is 0 Å². The highest BCUT2D eigenvalue weighted by molar-refractivity contribution is 7.25. The second-order valence-electron chi connectivity index (χ2n) is 21.0. The van der Waals surface area contributed by atoms with E-state index in [-0.39, 0.29) is 0 Å². The van der Waals surface area contributed by atoms with Crippen molar-refractivity contribution in [3.8, 4) is 119 Å². The first-order valence-corrected chi connectivity index (χ1v) is 29.2. The van der Waals surface area contributed by atoms with Crippen LogP contribution in [0.5, 0.6) is 0 Å². The average Bonchev–Trinajstić information content (AvgIpc) is 2.89. The molecule has 10 nitrogen and oxygen atoms in total. The summed E-state index contributed by atoms with van der Waals surface area (Å²) >= 11 is 1.81. The SMILES string of the molecule is c1ccc(-c2nc(-c3ccccc3)nc(-c3ccc4c(c3)c3cc(-c5nc(-c6ccccc6)nc(-c6ccccc6)n5)ccc3n4-c3ccc(-c4ccc5sc6ccccc6c5c4)cc3-c3nc(-c4ccccc4)nc(-c4ccccc4)n3)n2)cc1. The van der Waals surface area contributed by atoms with Crippen molar-refractivity contribution in [3.05, 3.63) is 279 Å². The number of hydrogen-bond donors (Lipinski definition) is 0. The van der Waals surface area contributed by atoms with E-state index in [1.807, 2.05) is 193 Å². The average molecular weight is 1120 g/mol. The van der Waals surface area contributed by atoms with Gasteiger partial charge in [0.1, 0.15) is 0 Å². The summed E-state index contributed by atoms with van der Waals surface area (Å²) in [5.74, 6) is 5.07. The number of benzene rings is 11. The Hall–Kier alpha value is -11.5. The third-order valence-corrected chi connectivity index (χ3v) is 16.7. The Kier molecular flexibility index (Phi) is 12.5. The molecule has 0 N–H and O–H groups in total. The van der Waals surface area contributed by atoms with Gasteiger partial charge in [-0.05, 0) is 77.9 Å². The highest BCUT2D eigenvalue weighted by Crippen LogP contribution is 2.43. The maximum absolute atomic E-state index is 5.41. The van der Waals surface area contributed by atoms with Gasteiger partial charge >= 0.3 is 0 Å². The molecule has 402 valence electrons. The van der Waals surface area contributed by atoms with Crippen LogP contribution < -0.4 is 0 Å². The molecule has 5 aromatic heterocycles. The summed E-state index contributed by atoms with van der Waals surface area (Å²) in [4.78, 5) is 46.9. The van der Waals surface area contributed by atoms with Crippen LogP contribution in [0.1, 0.15) is 0 Å². The van der Waals surface area contributed by atoms with E-state index < -0.39 is 0 Å². The fourth-order valence-electron chi connectivity index (χ4n) is 11.4. The summed E-state index contributed by atoms with van der Waals surface area (Å²) in [6.07, 6.45) is 0. The van der Waals surface area contributed by atoms with Gasteiger partial charge in [0.05, 0.1) is 16.7 Å². The molecule has 0 amide bonds. The van der Waals surface area contributed by atoms with Crippen molar-refractivity contribution in [2.45, 2.75) is 0 Å². The lowest BCUT2D eigenvalue weighted by Gasteiger charge is -2.17. The Balaban J connectivity index is 0.965. The standard InChI is InChI=1S/C75H46N10S/c1-7-21-47(22-8-1)67-76-68(48-23-9-2-10-24-48)80-73(79-67)55-36-40-62-58(45-55)59-46-56(74-81-69(49-25-11-3-12-26-49)77-70(82-74)50-27-13-4-14-28-50)37-41-63(59)85(62)64-39-35-53(54-38-42-66-60(43-54)57-33-19-20-34-65(57)86-66)44-61(64)75-83-71(51-29-15-5-16-30-51)78-72(84-75)52-31-17-6-18-32-52/h1-46H. The van der Waals surface area contributed by atoms with E-state index in [0.717, 1.165) is 88.7 Å². The van der Waals surface area contributed by atoms with Crippen LogP contribution in [0.2, 0.25) is 0 Å². The molecule has 5 heterocycles. The third-order valence-electron chi connectivity index (χ3n) is 15.6. The van der Waals surface area contributed by atoms with Crippen LogP contribution in [-0.2, 0) is 0 Å². The Morgan fingerprint density at radius 3 is 0.919 bits per heavy atom. The van der Waals surface area contributed by atoms with Crippen molar-refractivity contribution in [2.75, 3.05) is 0 Å². The van der Waals surface area contributed by atoms with E-state index in [1.54, 1.807) is 0 Å². The molecule has 0 aliphatic heterocycles. The van der Waals surface area contributed by atoms with Crippen LogP contribution in [0.25, 0.3) is 161 Å². The number of nitrogens with zero attached hydrogens (tertiary/aromatic N) is 10. The first kappa shape index (κ1) is 50.2. The molecule has 0 bridgehead atoms. The second kappa shape index (κ2) is 21.3. The Bertz CT molecular complexity index is 4860. The van der Waals surface area contributed by atoms with Crippen LogP contribution in [0, 0.1) is 0 Å². The predicted octanol–water partition coefficient (Wildman–Crippen LogP) is 18.4. The van der Waals surface area contributed by atoms with Crippen LogP contribution >= 0.6 is 11.3 Å². The van der Waals surface area contributed by atoms with Gasteiger partial charge in [0.2, 0.25) is 0 Å². The second-order valence-corrected chi connectivity index (χ2v) is 22.0. The number of aromatic nitrogens is 10. The first-order chi connectivity index (χ1) is 42.6. The molecule has 0 spiro atoms. The molecule has 11 aromatic carbocycles. The van der Waals surface area contributed by atoms with E-state index in [1.165, 1.54) is 20.2 Å². The van der Waals surface area contributed by atoms with Crippen molar-refractivity contribution in [1.29, 1.82) is 0 Å². The Morgan fingerprint density at radius 2 is 0.512 bits per heavy atom. The first-order valence-electron chi connectivity index (χ1n) is 28.3. The molecule has 0 fully saturated rings. The molecule has 0 aliphatic carbocycles. The molecule has 11 heteroatoms. The minimum Gasteiger partial charge on any atom is -0.308 e. The molecular formula is C75H46N10S. The lowest BCUT2D eigenvalue weighted by atomic mass is 9.99. The minimum atomic E-state index is 0.527. The van der Waals surface area contributed by atoms with Crippen LogP contribution in [0.15, 0.2) is 279 Å². The van der Waals surface area contributed by atoms with Gasteiger partial charge < -0.3 is 4.57 Å². The quantitative estimate of drug-likeness (QED) is 0.125. The van der Waals surface area contributed by atoms with Gasteiger partial charge in [-0.25, -0.2) is 44.9 Å². The maximum Gasteiger partial charge on any atom is 0.166 e. The van der Waals surface area contributed by atoms with Crippen molar-refractivity contribution < 1.29 is 0 Å². The number of hydrogen-bond acceptors (Lipinski definition) is 10. The van der Waals surface area contributed by atoms with Gasteiger partial charge in [0.25, 0.3) is 0 Å². The van der Waals surface area contributed by atoms with Gasteiger partial charge in [-0.3, -0.25) is 0 Å². The summed E-state index contributed by atoms with van der Waals surface area (Å²) in [5, 5.41) is 4.37. The molecule has 16 rings (SSSR count). The van der Waals surface area contributed by atoms with E-state index in [0.29, 0.717) is 52.4 Å². The minimum absolute atomic E-state index is 0.527. The van der Waals surface area contributed by atoms with Crippen molar-refractivity contribution in [1.82, 2.24) is 49.4 Å².